The number of alkyl halides is 3. The molecule has 2 N–H and O–H groups in total. The molecule has 88 valence electrons. The van der Waals surface area contributed by atoms with Crippen molar-refractivity contribution in [1.29, 1.82) is 5.26 Å². The number of halogens is 3. The Morgan fingerprint density at radius 1 is 1.47 bits per heavy atom. The predicted octanol–water partition coefficient (Wildman–Crippen LogP) is 1.44. The molecule has 0 aliphatic carbocycles. The Bertz CT molecular complexity index is 212. The van der Waals surface area contributed by atoms with E-state index in [1.165, 1.54) is 6.07 Å². The van der Waals surface area contributed by atoms with Crippen LogP contribution >= 0.6 is 0 Å². The second kappa shape index (κ2) is 6.64. The van der Waals surface area contributed by atoms with Crippen molar-refractivity contribution in [3.63, 3.8) is 0 Å². The third kappa shape index (κ3) is 6.31. The molecule has 0 aliphatic heterocycles. The molecule has 0 rings (SSSR count). The first-order valence-corrected chi connectivity index (χ1v) is 4.72. The van der Waals surface area contributed by atoms with E-state index in [-0.39, 0.29) is 12.6 Å². The van der Waals surface area contributed by atoms with E-state index in [0.29, 0.717) is 12.8 Å². The molecule has 0 aromatic carbocycles. The summed E-state index contributed by atoms with van der Waals surface area (Å²) in [4.78, 5) is 0. The van der Waals surface area contributed by atoms with Crippen molar-refractivity contribution in [2.45, 2.75) is 32.0 Å². The first-order valence-electron chi connectivity index (χ1n) is 4.72. The number of nitrogens with zero attached hydrogens (tertiary/aromatic N) is 1. The van der Waals surface area contributed by atoms with Gasteiger partial charge in [0.25, 0.3) is 0 Å². The molecule has 6 heteroatoms. The topological polar surface area (TPSA) is 56.0 Å². The maximum Gasteiger partial charge on any atom is 0.405 e. The molecule has 0 aliphatic rings. The third-order valence-corrected chi connectivity index (χ3v) is 2.02. The van der Waals surface area contributed by atoms with E-state index in [1.54, 1.807) is 6.92 Å². The van der Waals surface area contributed by atoms with Crippen molar-refractivity contribution in [2.75, 3.05) is 13.2 Å². The molecule has 3 nitrogen and oxygen atoms in total. The number of aliphatic hydroxyl groups is 1. The Morgan fingerprint density at radius 3 is 2.47 bits per heavy atom. The number of hydrogen-bond acceptors (Lipinski definition) is 3. The molecule has 0 spiro atoms. The second-order valence-corrected chi connectivity index (χ2v) is 3.40. The van der Waals surface area contributed by atoms with Gasteiger partial charge in [-0.05, 0) is 19.8 Å². The lowest BCUT2D eigenvalue weighted by atomic mass is 10.1. The maximum atomic E-state index is 12.1. The molecule has 0 bridgehead atoms. The minimum atomic E-state index is -4.47. The second-order valence-electron chi connectivity index (χ2n) is 3.40. The summed E-state index contributed by atoms with van der Waals surface area (Å²) >= 11 is 0. The Labute approximate surface area is 86.9 Å². The Balaban J connectivity index is 3.87. The predicted molar refractivity (Wildman–Crippen MR) is 48.9 cm³/mol. The molecule has 0 saturated carbocycles. The average molecular weight is 224 g/mol. The highest BCUT2D eigenvalue weighted by Crippen LogP contribution is 2.24. The first kappa shape index (κ1) is 14.2. The van der Waals surface area contributed by atoms with Crippen molar-refractivity contribution < 1.29 is 18.3 Å². The van der Waals surface area contributed by atoms with E-state index in [0.717, 1.165) is 0 Å². The fourth-order valence-corrected chi connectivity index (χ4v) is 1.05. The van der Waals surface area contributed by atoms with Gasteiger partial charge in [-0.3, -0.25) is 0 Å². The van der Waals surface area contributed by atoms with Crippen LogP contribution in [0.15, 0.2) is 0 Å². The molecule has 0 aromatic rings. The van der Waals surface area contributed by atoms with Crippen LogP contribution in [0.5, 0.6) is 0 Å². The van der Waals surface area contributed by atoms with Gasteiger partial charge in [-0.2, -0.15) is 18.4 Å². The fraction of sp³-hybridized carbons (Fsp3) is 0.889. The smallest absolute Gasteiger partial charge is 0.396 e. The lowest BCUT2D eigenvalue weighted by Gasteiger charge is -2.17. The number of aliphatic hydroxyl groups excluding tert-OH is 1. The minimum absolute atomic E-state index is 0.0208. The van der Waals surface area contributed by atoms with Gasteiger partial charge in [0, 0.05) is 19.2 Å². The van der Waals surface area contributed by atoms with Crippen molar-refractivity contribution in [3.05, 3.63) is 0 Å². The first-order chi connectivity index (χ1) is 6.91. The summed E-state index contributed by atoms with van der Waals surface area (Å²) in [5.41, 5.74) is 0. The summed E-state index contributed by atoms with van der Waals surface area (Å²) in [5, 5.41) is 19.4. The molecular weight excluding hydrogens is 209 g/mol. The highest BCUT2D eigenvalue weighted by molar-refractivity contribution is 4.90. The van der Waals surface area contributed by atoms with E-state index >= 15 is 0 Å². The van der Waals surface area contributed by atoms with E-state index < -0.39 is 18.6 Å². The summed E-state index contributed by atoms with van der Waals surface area (Å²) in [5.74, 6) is -1.96. The molecule has 0 saturated heterocycles. The molecule has 0 amide bonds. The minimum Gasteiger partial charge on any atom is -0.396 e. The van der Waals surface area contributed by atoms with Gasteiger partial charge in [0.2, 0.25) is 0 Å². The van der Waals surface area contributed by atoms with Crippen LogP contribution in [0.1, 0.15) is 19.8 Å². The Morgan fingerprint density at radius 2 is 2.07 bits per heavy atom. The van der Waals surface area contributed by atoms with Gasteiger partial charge in [-0.1, -0.05) is 0 Å². The summed E-state index contributed by atoms with van der Waals surface area (Å²) < 4.78 is 36.4. The number of hydrogen-bond donors (Lipinski definition) is 2. The van der Waals surface area contributed by atoms with Crippen LogP contribution in [0.4, 0.5) is 13.2 Å². The zero-order chi connectivity index (χ0) is 11.9. The van der Waals surface area contributed by atoms with Gasteiger partial charge in [-0.15, -0.1) is 0 Å². The number of nitrogens with one attached hydrogen (secondary N) is 1. The van der Waals surface area contributed by atoms with E-state index in [9.17, 15) is 13.2 Å². The van der Waals surface area contributed by atoms with E-state index in [4.69, 9.17) is 10.4 Å². The molecule has 2 unspecified atom stereocenters. The quantitative estimate of drug-likeness (QED) is 0.717. The maximum absolute atomic E-state index is 12.1. The van der Waals surface area contributed by atoms with Gasteiger partial charge in [-0.25, -0.2) is 0 Å². The summed E-state index contributed by atoms with van der Waals surface area (Å²) in [6.45, 7) is 1.35. The summed E-state index contributed by atoms with van der Waals surface area (Å²) in [6, 6.07) is 1.09. The van der Waals surface area contributed by atoms with Crippen molar-refractivity contribution >= 4 is 0 Å². The Hall–Kier alpha value is -0.800. The molecule has 0 fully saturated rings. The van der Waals surface area contributed by atoms with Crippen LogP contribution in [-0.4, -0.2) is 30.5 Å². The molecule has 0 heterocycles. The standard InChI is InChI=1S/C9H15F3N2O/c1-7(3-2-4-15)14-6-8(5-13)9(10,11)12/h7-8,14-15H,2-4,6H2,1H3. The normalized spacial score (nSPS) is 15.7. The van der Waals surface area contributed by atoms with Crippen molar-refractivity contribution in [2.24, 2.45) is 5.92 Å². The van der Waals surface area contributed by atoms with Crippen LogP contribution in [0.25, 0.3) is 0 Å². The van der Waals surface area contributed by atoms with Crippen molar-refractivity contribution in [1.82, 2.24) is 5.32 Å². The third-order valence-electron chi connectivity index (χ3n) is 2.02. The van der Waals surface area contributed by atoms with Crippen LogP contribution < -0.4 is 5.32 Å². The van der Waals surface area contributed by atoms with E-state index in [2.05, 4.69) is 5.32 Å². The van der Waals surface area contributed by atoms with Gasteiger partial charge in [0.1, 0.15) is 0 Å². The van der Waals surface area contributed by atoms with Crippen molar-refractivity contribution in [3.8, 4) is 6.07 Å². The van der Waals surface area contributed by atoms with Gasteiger partial charge in [0.15, 0.2) is 5.92 Å². The average Bonchev–Trinajstić information content (AvgIpc) is 2.13. The SMILES string of the molecule is CC(CCCO)NCC(C#N)C(F)(F)F. The Kier molecular flexibility index (Phi) is 6.29. The summed E-state index contributed by atoms with van der Waals surface area (Å²) in [7, 11) is 0. The lowest BCUT2D eigenvalue weighted by Crippen LogP contribution is -2.37. The highest BCUT2D eigenvalue weighted by Gasteiger charge is 2.39. The molecule has 0 radical (unpaired) electrons. The van der Waals surface area contributed by atoms with Crippen LogP contribution in [0, 0.1) is 17.2 Å². The monoisotopic (exact) mass is 224 g/mol. The zero-order valence-electron chi connectivity index (χ0n) is 8.51. The highest BCUT2D eigenvalue weighted by atomic mass is 19.4. The van der Waals surface area contributed by atoms with Gasteiger partial charge >= 0.3 is 6.18 Å². The molecular formula is C9H15F3N2O. The molecule has 0 aromatic heterocycles. The number of nitriles is 1. The van der Waals surface area contributed by atoms with Gasteiger partial charge in [0.05, 0.1) is 6.07 Å². The van der Waals surface area contributed by atoms with E-state index in [1.807, 2.05) is 0 Å². The number of rotatable bonds is 6. The van der Waals surface area contributed by atoms with Crippen LogP contribution in [0.2, 0.25) is 0 Å². The largest absolute Gasteiger partial charge is 0.405 e. The van der Waals surface area contributed by atoms with Crippen LogP contribution in [-0.2, 0) is 0 Å². The molecule has 15 heavy (non-hydrogen) atoms. The lowest BCUT2D eigenvalue weighted by molar-refractivity contribution is -0.157. The van der Waals surface area contributed by atoms with Gasteiger partial charge < -0.3 is 10.4 Å². The van der Waals surface area contributed by atoms with Crippen LogP contribution in [0.3, 0.4) is 0 Å². The summed E-state index contributed by atoms with van der Waals surface area (Å²) in [6.07, 6.45) is -3.34. The molecule has 2 atom stereocenters. The fourth-order valence-electron chi connectivity index (χ4n) is 1.05. The zero-order valence-corrected chi connectivity index (χ0v) is 8.51.